The van der Waals surface area contributed by atoms with Gasteiger partial charge in [0.15, 0.2) is 0 Å². The SMILES string of the molecule is NC1CC1C(=O)N1CCN(c2ncccn2)CC1. The fraction of sp³-hybridized carbons (Fsp3) is 0.583. The molecule has 1 aromatic rings. The molecule has 3 rings (SSSR count). The van der Waals surface area contributed by atoms with E-state index in [0.717, 1.165) is 38.5 Å². The number of aromatic nitrogens is 2. The van der Waals surface area contributed by atoms with Gasteiger partial charge in [-0.05, 0) is 12.5 Å². The van der Waals surface area contributed by atoms with Crippen LogP contribution in [0.15, 0.2) is 18.5 Å². The normalized spacial score (nSPS) is 27.2. The molecule has 0 spiro atoms. The first kappa shape index (κ1) is 11.4. The first-order valence-corrected chi connectivity index (χ1v) is 6.32. The van der Waals surface area contributed by atoms with Crippen molar-refractivity contribution in [1.82, 2.24) is 14.9 Å². The molecule has 6 nitrogen and oxygen atoms in total. The van der Waals surface area contributed by atoms with Gasteiger partial charge in [0.05, 0.1) is 5.92 Å². The third-order valence-corrected chi connectivity index (χ3v) is 3.58. The highest BCUT2D eigenvalue weighted by atomic mass is 16.2. The van der Waals surface area contributed by atoms with E-state index in [1.165, 1.54) is 0 Å². The highest BCUT2D eigenvalue weighted by Gasteiger charge is 2.42. The Labute approximate surface area is 106 Å². The van der Waals surface area contributed by atoms with Crippen LogP contribution in [0.4, 0.5) is 5.95 Å². The molecule has 1 saturated carbocycles. The Kier molecular flexibility index (Phi) is 2.87. The Bertz CT molecular complexity index is 429. The van der Waals surface area contributed by atoms with Gasteiger partial charge in [-0.2, -0.15) is 0 Å². The standard InChI is InChI=1S/C12H17N5O/c13-10-8-9(10)11(18)16-4-6-17(7-5-16)12-14-2-1-3-15-12/h1-3,9-10H,4-8,13H2. The van der Waals surface area contributed by atoms with E-state index in [1.54, 1.807) is 18.5 Å². The number of anilines is 1. The van der Waals surface area contributed by atoms with Crippen LogP contribution in [-0.4, -0.2) is 53.0 Å². The van der Waals surface area contributed by atoms with Crippen molar-refractivity contribution in [3.8, 4) is 0 Å². The van der Waals surface area contributed by atoms with Crippen LogP contribution < -0.4 is 10.6 Å². The minimum absolute atomic E-state index is 0.0736. The van der Waals surface area contributed by atoms with Crippen molar-refractivity contribution < 1.29 is 4.79 Å². The molecule has 2 atom stereocenters. The van der Waals surface area contributed by atoms with Crippen molar-refractivity contribution in [2.45, 2.75) is 12.5 Å². The van der Waals surface area contributed by atoms with Crippen LogP contribution in [0.1, 0.15) is 6.42 Å². The predicted octanol–water partition coefficient (Wildman–Crippen LogP) is -0.528. The van der Waals surface area contributed by atoms with Gasteiger partial charge in [0.1, 0.15) is 0 Å². The van der Waals surface area contributed by atoms with Gasteiger partial charge in [-0.25, -0.2) is 9.97 Å². The topological polar surface area (TPSA) is 75.4 Å². The molecule has 1 amide bonds. The van der Waals surface area contributed by atoms with Crippen LogP contribution in [0.5, 0.6) is 0 Å². The largest absolute Gasteiger partial charge is 0.339 e. The number of piperazine rings is 1. The summed E-state index contributed by atoms with van der Waals surface area (Å²) in [5.41, 5.74) is 5.71. The third-order valence-electron chi connectivity index (χ3n) is 3.58. The second-order valence-electron chi connectivity index (χ2n) is 4.87. The first-order chi connectivity index (χ1) is 8.75. The molecule has 18 heavy (non-hydrogen) atoms. The van der Waals surface area contributed by atoms with E-state index in [-0.39, 0.29) is 17.9 Å². The Morgan fingerprint density at radius 3 is 2.39 bits per heavy atom. The number of nitrogens with zero attached hydrogens (tertiary/aromatic N) is 4. The lowest BCUT2D eigenvalue weighted by atomic mass is 10.2. The number of hydrogen-bond donors (Lipinski definition) is 1. The van der Waals surface area contributed by atoms with Gasteiger partial charge in [-0.3, -0.25) is 4.79 Å². The highest BCUT2D eigenvalue weighted by Crippen LogP contribution is 2.30. The van der Waals surface area contributed by atoms with Crippen molar-refractivity contribution in [2.75, 3.05) is 31.1 Å². The first-order valence-electron chi connectivity index (χ1n) is 6.32. The van der Waals surface area contributed by atoms with Crippen molar-refractivity contribution in [3.63, 3.8) is 0 Å². The molecule has 2 aliphatic rings. The van der Waals surface area contributed by atoms with Gasteiger partial charge >= 0.3 is 0 Å². The highest BCUT2D eigenvalue weighted by molar-refractivity contribution is 5.82. The number of rotatable bonds is 2. The summed E-state index contributed by atoms with van der Waals surface area (Å²) in [4.78, 5) is 24.5. The zero-order valence-corrected chi connectivity index (χ0v) is 10.2. The monoisotopic (exact) mass is 247 g/mol. The fourth-order valence-corrected chi connectivity index (χ4v) is 2.31. The molecular formula is C12H17N5O. The summed E-state index contributed by atoms with van der Waals surface area (Å²) in [5, 5.41) is 0. The summed E-state index contributed by atoms with van der Waals surface area (Å²) in [6.07, 6.45) is 4.33. The maximum atomic E-state index is 12.0. The quantitative estimate of drug-likeness (QED) is 0.760. The van der Waals surface area contributed by atoms with Crippen molar-refractivity contribution in [3.05, 3.63) is 18.5 Å². The second kappa shape index (κ2) is 4.53. The van der Waals surface area contributed by atoms with Crippen LogP contribution in [0.2, 0.25) is 0 Å². The summed E-state index contributed by atoms with van der Waals surface area (Å²) in [7, 11) is 0. The number of carbonyl (C=O) groups is 1. The van der Waals surface area contributed by atoms with Crippen LogP contribution in [-0.2, 0) is 4.79 Å². The molecule has 1 aromatic heterocycles. The zero-order chi connectivity index (χ0) is 12.5. The Morgan fingerprint density at radius 1 is 1.22 bits per heavy atom. The van der Waals surface area contributed by atoms with Gasteiger partial charge in [-0.1, -0.05) is 0 Å². The second-order valence-corrected chi connectivity index (χ2v) is 4.87. The number of nitrogens with two attached hydrogens (primary N) is 1. The molecular weight excluding hydrogens is 230 g/mol. The Hall–Kier alpha value is -1.69. The van der Waals surface area contributed by atoms with Crippen molar-refractivity contribution in [2.24, 2.45) is 11.7 Å². The van der Waals surface area contributed by atoms with Crippen LogP contribution in [0.3, 0.4) is 0 Å². The van der Waals surface area contributed by atoms with E-state index < -0.39 is 0 Å². The Balaban J connectivity index is 1.57. The third kappa shape index (κ3) is 2.15. The Morgan fingerprint density at radius 2 is 1.83 bits per heavy atom. The summed E-state index contributed by atoms with van der Waals surface area (Å²) < 4.78 is 0. The van der Waals surface area contributed by atoms with E-state index >= 15 is 0 Å². The minimum atomic E-state index is 0.0736. The van der Waals surface area contributed by atoms with E-state index in [2.05, 4.69) is 14.9 Å². The summed E-state index contributed by atoms with van der Waals surface area (Å²) in [5.74, 6) is 1.04. The molecule has 0 radical (unpaired) electrons. The maximum Gasteiger partial charge on any atom is 0.227 e. The molecule has 2 heterocycles. The molecule has 96 valence electrons. The molecule has 0 aromatic carbocycles. The van der Waals surface area contributed by atoms with Crippen LogP contribution in [0, 0.1) is 5.92 Å². The smallest absolute Gasteiger partial charge is 0.227 e. The van der Waals surface area contributed by atoms with E-state index in [4.69, 9.17) is 5.73 Å². The van der Waals surface area contributed by atoms with E-state index in [0.29, 0.717) is 0 Å². The molecule has 2 unspecified atom stereocenters. The zero-order valence-electron chi connectivity index (χ0n) is 10.2. The lowest BCUT2D eigenvalue weighted by Gasteiger charge is -2.34. The molecule has 1 saturated heterocycles. The number of amides is 1. The summed E-state index contributed by atoms with van der Waals surface area (Å²) in [6.45, 7) is 3.05. The van der Waals surface area contributed by atoms with Gasteiger partial charge in [0, 0.05) is 44.6 Å². The maximum absolute atomic E-state index is 12.0. The fourth-order valence-electron chi connectivity index (χ4n) is 2.31. The number of carbonyl (C=O) groups excluding carboxylic acids is 1. The van der Waals surface area contributed by atoms with E-state index in [1.807, 2.05) is 4.90 Å². The minimum Gasteiger partial charge on any atom is -0.339 e. The van der Waals surface area contributed by atoms with Crippen LogP contribution in [0.25, 0.3) is 0 Å². The average Bonchev–Trinajstić information content (AvgIpc) is 3.16. The van der Waals surface area contributed by atoms with Crippen molar-refractivity contribution >= 4 is 11.9 Å². The lowest BCUT2D eigenvalue weighted by molar-refractivity contribution is -0.132. The van der Waals surface area contributed by atoms with Crippen LogP contribution >= 0.6 is 0 Å². The van der Waals surface area contributed by atoms with Gasteiger partial charge in [0.25, 0.3) is 0 Å². The average molecular weight is 247 g/mol. The molecule has 0 bridgehead atoms. The van der Waals surface area contributed by atoms with Crippen molar-refractivity contribution in [1.29, 1.82) is 0 Å². The lowest BCUT2D eigenvalue weighted by Crippen LogP contribution is -2.50. The predicted molar refractivity (Wildman–Crippen MR) is 66.9 cm³/mol. The molecule has 1 aliphatic heterocycles. The summed E-state index contributed by atoms with van der Waals surface area (Å²) in [6, 6.07) is 1.89. The molecule has 6 heteroatoms. The van der Waals surface area contributed by atoms with Gasteiger partial charge in [-0.15, -0.1) is 0 Å². The van der Waals surface area contributed by atoms with Gasteiger partial charge < -0.3 is 15.5 Å². The number of hydrogen-bond acceptors (Lipinski definition) is 5. The van der Waals surface area contributed by atoms with E-state index in [9.17, 15) is 4.79 Å². The molecule has 2 fully saturated rings. The molecule has 1 aliphatic carbocycles. The summed E-state index contributed by atoms with van der Waals surface area (Å²) >= 11 is 0. The molecule has 2 N–H and O–H groups in total. The van der Waals surface area contributed by atoms with Gasteiger partial charge in [0.2, 0.25) is 11.9 Å².